The maximum atomic E-state index is 9.89. The summed E-state index contributed by atoms with van der Waals surface area (Å²) in [6.45, 7) is 6.45. The minimum Gasteiger partial charge on any atom is -0.396 e. The van der Waals surface area contributed by atoms with Crippen LogP contribution in [0, 0.1) is 11.8 Å². The summed E-state index contributed by atoms with van der Waals surface area (Å²) in [4.78, 5) is 2.65. The molecule has 2 aliphatic carbocycles. The van der Waals surface area contributed by atoms with Crippen molar-refractivity contribution in [3.05, 3.63) is 84.0 Å². The van der Waals surface area contributed by atoms with Gasteiger partial charge in [-0.05, 0) is 42.0 Å². The first-order valence-corrected chi connectivity index (χ1v) is 11.6. The first-order chi connectivity index (χ1) is 14.1. The number of aliphatic hydroxyl groups is 1. The molecule has 0 saturated carbocycles. The van der Waals surface area contributed by atoms with Gasteiger partial charge in [-0.25, -0.2) is 0 Å². The monoisotopic (exact) mass is 409 g/mol. The number of nitrogens with zero attached hydrogens (tertiary/aromatic N) is 1. The fourth-order valence-corrected chi connectivity index (χ4v) is 5.07. The molecule has 2 aliphatic rings. The lowest BCUT2D eigenvalue weighted by Crippen LogP contribution is -2.55. The molecule has 5 atom stereocenters. The minimum atomic E-state index is -0.242. The average Bonchev–Trinajstić information content (AvgIpc) is 2.76. The molecule has 0 fully saturated rings. The van der Waals surface area contributed by atoms with Gasteiger partial charge in [-0.1, -0.05) is 86.7 Å². The summed E-state index contributed by atoms with van der Waals surface area (Å²) in [5.41, 5.74) is 2.96. The molecule has 3 heteroatoms. The molecule has 29 heavy (non-hydrogen) atoms. The normalized spacial score (nSPS) is 22.9. The number of aliphatic hydroxyl groups excluding tert-OH is 1. The van der Waals surface area contributed by atoms with Gasteiger partial charge < -0.3 is 5.11 Å². The summed E-state index contributed by atoms with van der Waals surface area (Å²) in [7, 11) is 2.98. The highest BCUT2D eigenvalue weighted by Crippen LogP contribution is 2.48. The highest BCUT2D eigenvalue weighted by Gasteiger charge is 2.46. The lowest BCUT2D eigenvalue weighted by molar-refractivity contribution is 0.0551. The van der Waals surface area contributed by atoms with Crippen molar-refractivity contribution in [3.8, 4) is 0 Å². The van der Waals surface area contributed by atoms with Crippen LogP contribution in [0.2, 0.25) is 0 Å². The van der Waals surface area contributed by atoms with E-state index in [4.69, 9.17) is 0 Å². The molecule has 0 aliphatic heterocycles. The van der Waals surface area contributed by atoms with Crippen LogP contribution in [0.15, 0.2) is 78.4 Å². The predicted octanol–water partition coefficient (Wildman–Crippen LogP) is 5.48. The highest BCUT2D eigenvalue weighted by molar-refractivity contribution is 7.17. The van der Waals surface area contributed by atoms with Crippen LogP contribution in [0.3, 0.4) is 0 Å². The third-order valence-electron chi connectivity index (χ3n) is 6.02. The van der Waals surface area contributed by atoms with E-state index in [0.29, 0.717) is 11.6 Å². The minimum absolute atomic E-state index is 0.210. The van der Waals surface area contributed by atoms with Crippen LogP contribution >= 0.6 is 9.24 Å². The first-order valence-electron chi connectivity index (χ1n) is 11.0. The Bertz CT molecular complexity index is 764. The third-order valence-corrected chi connectivity index (χ3v) is 6.23. The molecule has 0 spiro atoms. The molecule has 0 bridgehead atoms. The predicted molar refractivity (Wildman–Crippen MR) is 128 cm³/mol. The maximum absolute atomic E-state index is 9.89. The van der Waals surface area contributed by atoms with E-state index in [1.165, 1.54) is 11.1 Å². The van der Waals surface area contributed by atoms with E-state index < -0.39 is 0 Å². The summed E-state index contributed by atoms with van der Waals surface area (Å²) in [5.74, 6) is 0.566. The van der Waals surface area contributed by atoms with Crippen molar-refractivity contribution >= 4 is 9.24 Å². The number of hydrogen-bond acceptors (Lipinski definition) is 2. The van der Waals surface area contributed by atoms with Gasteiger partial charge in [0, 0.05) is 25.6 Å². The summed E-state index contributed by atoms with van der Waals surface area (Å²) in [5, 5.41) is 9.89. The Morgan fingerprint density at radius 2 is 1.90 bits per heavy atom. The molecule has 1 aromatic rings. The Morgan fingerprint density at radius 3 is 2.48 bits per heavy atom. The summed E-state index contributed by atoms with van der Waals surface area (Å²) >= 11 is 0. The largest absolute Gasteiger partial charge is 0.396 e. The van der Waals surface area contributed by atoms with Gasteiger partial charge in [-0.2, -0.15) is 0 Å². The SMILES string of the molecule is CC(P)CN(CC(C)CO)C(C1=CCCC=C1)(c1ccccc1)[C@H]1C=CC=CC1. The number of hydrogen-bond donors (Lipinski definition) is 1. The van der Waals surface area contributed by atoms with Gasteiger partial charge >= 0.3 is 0 Å². The van der Waals surface area contributed by atoms with Crippen molar-refractivity contribution in [3.63, 3.8) is 0 Å². The van der Waals surface area contributed by atoms with Crippen molar-refractivity contribution in [2.45, 2.75) is 44.3 Å². The highest BCUT2D eigenvalue weighted by atomic mass is 31.0. The fourth-order valence-electron chi connectivity index (χ4n) is 4.82. The zero-order valence-corrected chi connectivity index (χ0v) is 19.0. The molecule has 1 aromatic carbocycles. The zero-order chi connectivity index (χ0) is 20.7. The van der Waals surface area contributed by atoms with Gasteiger partial charge in [-0.3, -0.25) is 4.90 Å². The summed E-state index contributed by atoms with van der Waals surface area (Å²) in [6.07, 6.45) is 19.4. The van der Waals surface area contributed by atoms with Crippen LogP contribution < -0.4 is 0 Å². The lowest BCUT2D eigenvalue weighted by atomic mass is 9.67. The summed E-state index contributed by atoms with van der Waals surface area (Å²) < 4.78 is 0. The van der Waals surface area contributed by atoms with E-state index in [2.05, 4.69) is 101 Å². The fraction of sp³-hybridized carbons (Fsp3) is 0.462. The second-order valence-electron chi connectivity index (χ2n) is 8.60. The van der Waals surface area contributed by atoms with Crippen LogP contribution in [-0.4, -0.2) is 35.4 Å². The van der Waals surface area contributed by atoms with Gasteiger partial charge in [0.2, 0.25) is 0 Å². The quantitative estimate of drug-likeness (QED) is 0.546. The maximum Gasteiger partial charge on any atom is 0.0779 e. The van der Waals surface area contributed by atoms with E-state index in [9.17, 15) is 5.11 Å². The molecule has 1 N–H and O–H groups in total. The van der Waals surface area contributed by atoms with Crippen molar-refractivity contribution < 1.29 is 5.11 Å². The van der Waals surface area contributed by atoms with Crippen LogP contribution in [0.25, 0.3) is 0 Å². The molecule has 3 rings (SSSR count). The molecule has 156 valence electrons. The van der Waals surface area contributed by atoms with Crippen molar-refractivity contribution in [1.82, 2.24) is 4.90 Å². The second-order valence-corrected chi connectivity index (χ2v) is 9.73. The number of rotatable bonds is 9. The molecule has 0 heterocycles. The standard InChI is InChI=1S/C26H36NOP/c1-21(20-28)18-27(19-22(2)29)26(23-12-6-3-7-13-23,24-14-8-4-9-15-24)25-16-10-5-11-17-25/h3-4,6-10,12-14,16-17,21-22,24,28H,5,11,15,18-20,29H2,1-2H3/t21?,22?,24-,26?/m0/s1. The van der Waals surface area contributed by atoms with Gasteiger partial charge in [0.1, 0.15) is 0 Å². The van der Waals surface area contributed by atoms with Crippen molar-refractivity contribution in [1.29, 1.82) is 0 Å². The topological polar surface area (TPSA) is 23.5 Å². The van der Waals surface area contributed by atoms with E-state index in [-0.39, 0.29) is 18.1 Å². The van der Waals surface area contributed by atoms with Crippen molar-refractivity contribution in [2.24, 2.45) is 11.8 Å². The van der Waals surface area contributed by atoms with Crippen LogP contribution in [-0.2, 0) is 5.54 Å². The Hall–Kier alpha value is -1.47. The third kappa shape index (κ3) is 5.00. The van der Waals surface area contributed by atoms with Gasteiger partial charge in [0.25, 0.3) is 0 Å². The molecule has 0 aromatic heterocycles. The Labute approximate surface area is 179 Å². The molecule has 0 amide bonds. The number of allylic oxidation sites excluding steroid dienone is 5. The second kappa shape index (κ2) is 10.5. The average molecular weight is 410 g/mol. The Balaban J connectivity index is 2.23. The molecule has 2 nitrogen and oxygen atoms in total. The molecule has 0 radical (unpaired) electrons. The molecular weight excluding hydrogens is 373 g/mol. The van der Waals surface area contributed by atoms with E-state index in [0.717, 1.165) is 32.4 Å². The van der Waals surface area contributed by atoms with E-state index in [1.807, 2.05) is 0 Å². The summed E-state index contributed by atoms with van der Waals surface area (Å²) in [6, 6.07) is 11.0. The van der Waals surface area contributed by atoms with Gasteiger partial charge in [-0.15, -0.1) is 9.24 Å². The molecule has 0 saturated heterocycles. The molecular formula is C26H36NOP. The van der Waals surface area contributed by atoms with Crippen molar-refractivity contribution in [2.75, 3.05) is 19.7 Å². The lowest BCUT2D eigenvalue weighted by Gasteiger charge is -2.52. The zero-order valence-electron chi connectivity index (χ0n) is 17.9. The Morgan fingerprint density at radius 1 is 1.10 bits per heavy atom. The van der Waals surface area contributed by atoms with E-state index in [1.54, 1.807) is 0 Å². The number of benzene rings is 1. The molecule has 4 unspecified atom stereocenters. The smallest absolute Gasteiger partial charge is 0.0779 e. The van der Waals surface area contributed by atoms with Gasteiger partial charge in [0.15, 0.2) is 0 Å². The first kappa shape index (κ1) is 22.2. The Kier molecular flexibility index (Phi) is 8.07. The van der Waals surface area contributed by atoms with Crippen LogP contribution in [0.4, 0.5) is 0 Å². The van der Waals surface area contributed by atoms with Crippen LogP contribution in [0.5, 0.6) is 0 Å². The van der Waals surface area contributed by atoms with Crippen LogP contribution in [0.1, 0.15) is 38.7 Å². The van der Waals surface area contributed by atoms with Gasteiger partial charge in [0.05, 0.1) is 5.54 Å². The van der Waals surface area contributed by atoms with E-state index >= 15 is 0 Å².